The molecule has 1 N–H and O–H groups in total. The van der Waals surface area contributed by atoms with E-state index in [1.54, 1.807) is 17.4 Å². The van der Waals surface area contributed by atoms with Crippen LogP contribution in [0.1, 0.15) is 30.2 Å². The zero-order chi connectivity index (χ0) is 21.0. The van der Waals surface area contributed by atoms with Gasteiger partial charge in [0.25, 0.3) is 0 Å². The maximum absolute atomic E-state index is 10.4. The van der Waals surface area contributed by atoms with Crippen LogP contribution >= 0.6 is 34.3 Å². The van der Waals surface area contributed by atoms with E-state index in [2.05, 4.69) is 19.9 Å². The number of thiazole rings is 1. The van der Waals surface area contributed by atoms with Crippen molar-refractivity contribution < 1.29 is 5.11 Å². The van der Waals surface area contributed by atoms with Crippen molar-refractivity contribution in [3.63, 3.8) is 0 Å². The van der Waals surface area contributed by atoms with Gasteiger partial charge in [-0.25, -0.2) is 9.97 Å². The molecule has 0 fully saturated rings. The highest BCUT2D eigenvalue weighted by Crippen LogP contribution is 2.45. The minimum absolute atomic E-state index is 0.225. The summed E-state index contributed by atoms with van der Waals surface area (Å²) in [5.74, 6) is 0.650. The maximum Gasteiger partial charge on any atom is 0.146 e. The Morgan fingerprint density at radius 1 is 0.933 bits per heavy atom. The first kappa shape index (κ1) is 19.5. The summed E-state index contributed by atoms with van der Waals surface area (Å²) in [6, 6.07) is 15.7. The zero-order valence-electron chi connectivity index (χ0n) is 16.7. The number of rotatable bonds is 3. The Balaban J connectivity index is 1.87. The van der Waals surface area contributed by atoms with Gasteiger partial charge in [0, 0.05) is 26.4 Å². The fourth-order valence-corrected chi connectivity index (χ4v) is 5.90. The molecule has 0 aliphatic rings. The van der Waals surface area contributed by atoms with Crippen LogP contribution in [0, 0.1) is 6.92 Å². The van der Waals surface area contributed by atoms with Crippen molar-refractivity contribution in [1.29, 1.82) is 0 Å². The molecule has 30 heavy (non-hydrogen) atoms. The molecular weight excluding hydrogens is 432 g/mol. The molecule has 150 valence electrons. The van der Waals surface area contributed by atoms with E-state index in [9.17, 15) is 5.11 Å². The Kier molecular flexibility index (Phi) is 4.77. The van der Waals surface area contributed by atoms with Crippen LogP contribution in [0.4, 0.5) is 0 Å². The largest absolute Gasteiger partial charge is 0.507 e. The molecule has 6 heteroatoms. The Morgan fingerprint density at radius 2 is 1.73 bits per heavy atom. The molecule has 0 radical (unpaired) electrons. The summed E-state index contributed by atoms with van der Waals surface area (Å²) < 4.78 is 0. The van der Waals surface area contributed by atoms with Crippen LogP contribution in [0.15, 0.2) is 48.5 Å². The number of phenolic OH excluding ortho intramolecular Hbond substituents is 1. The highest BCUT2D eigenvalue weighted by molar-refractivity contribution is 7.22. The van der Waals surface area contributed by atoms with Crippen molar-refractivity contribution in [2.24, 2.45) is 0 Å². The van der Waals surface area contributed by atoms with Gasteiger partial charge >= 0.3 is 0 Å². The van der Waals surface area contributed by atoms with E-state index >= 15 is 0 Å². The molecule has 3 heterocycles. The van der Waals surface area contributed by atoms with Crippen molar-refractivity contribution in [3.8, 4) is 27.4 Å². The Labute approximate surface area is 187 Å². The van der Waals surface area contributed by atoms with Gasteiger partial charge in [-0.2, -0.15) is 0 Å². The topological polar surface area (TPSA) is 46.0 Å². The van der Waals surface area contributed by atoms with E-state index in [-0.39, 0.29) is 5.75 Å². The number of benzene rings is 2. The molecule has 5 rings (SSSR count). The number of halogens is 1. The van der Waals surface area contributed by atoms with E-state index in [4.69, 9.17) is 21.6 Å². The van der Waals surface area contributed by atoms with E-state index in [0.29, 0.717) is 10.9 Å². The van der Waals surface area contributed by atoms with Gasteiger partial charge < -0.3 is 5.11 Å². The molecule has 3 aromatic heterocycles. The first-order valence-electron chi connectivity index (χ1n) is 9.71. The number of aryl methyl sites for hydroxylation is 1. The van der Waals surface area contributed by atoms with Gasteiger partial charge in [-0.05, 0) is 37.1 Å². The average Bonchev–Trinajstić information content (AvgIpc) is 3.32. The second kappa shape index (κ2) is 7.34. The predicted molar refractivity (Wildman–Crippen MR) is 129 cm³/mol. The second-order valence-corrected chi connectivity index (χ2v) is 10.1. The molecule has 0 aliphatic heterocycles. The number of phenols is 1. The summed E-state index contributed by atoms with van der Waals surface area (Å²) in [4.78, 5) is 13.0. The summed E-state index contributed by atoms with van der Waals surface area (Å²) in [5.41, 5.74) is 4.59. The summed E-state index contributed by atoms with van der Waals surface area (Å²) in [6.07, 6.45) is 0. The fourth-order valence-electron chi connectivity index (χ4n) is 3.59. The third-order valence-corrected chi connectivity index (χ3v) is 7.79. The van der Waals surface area contributed by atoms with Crippen LogP contribution < -0.4 is 0 Å². The normalized spacial score (nSPS) is 11.8. The molecule has 0 spiro atoms. The molecule has 0 saturated carbocycles. The quantitative estimate of drug-likeness (QED) is 0.302. The molecule has 0 aliphatic carbocycles. The molecule has 3 nitrogen and oxygen atoms in total. The van der Waals surface area contributed by atoms with E-state index in [0.717, 1.165) is 47.8 Å². The molecular formula is C24H19ClN2OS2. The van der Waals surface area contributed by atoms with Gasteiger partial charge in [0.15, 0.2) is 0 Å². The summed E-state index contributed by atoms with van der Waals surface area (Å²) in [6.45, 7) is 6.39. The standard InChI is InChI=1S/C24H19ClN2OS2/c1-12(2)19-11-16-20(14-6-4-5-7-17(14)25)21-24(27-23(16)29-19)30-22(26-21)15-10-13(3)8-9-18(15)28/h4-12,28H,1-3H3. The smallest absolute Gasteiger partial charge is 0.146 e. The van der Waals surface area contributed by atoms with E-state index in [1.807, 2.05) is 43.3 Å². The monoisotopic (exact) mass is 450 g/mol. The number of hydrogen-bond acceptors (Lipinski definition) is 5. The van der Waals surface area contributed by atoms with Gasteiger partial charge in [-0.3, -0.25) is 0 Å². The minimum atomic E-state index is 0.225. The number of fused-ring (bicyclic) bond motifs is 2. The fraction of sp³-hybridized carbons (Fsp3) is 0.167. The summed E-state index contributed by atoms with van der Waals surface area (Å²) >= 11 is 9.84. The van der Waals surface area contributed by atoms with Crippen LogP contribution in [-0.4, -0.2) is 15.1 Å². The highest BCUT2D eigenvalue weighted by Gasteiger charge is 2.21. The van der Waals surface area contributed by atoms with Crippen molar-refractivity contribution in [1.82, 2.24) is 9.97 Å². The Hall–Kier alpha value is -2.47. The van der Waals surface area contributed by atoms with Crippen molar-refractivity contribution in [3.05, 3.63) is 64.0 Å². The Bertz CT molecular complexity index is 1420. The lowest BCUT2D eigenvalue weighted by Crippen LogP contribution is -1.86. The first-order chi connectivity index (χ1) is 14.4. The van der Waals surface area contributed by atoms with Gasteiger partial charge in [0.05, 0.1) is 5.56 Å². The lowest BCUT2D eigenvalue weighted by atomic mass is 10.0. The lowest BCUT2D eigenvalue weighted by Gasteiger charge is -2.07. The van der Waals surface area contributed by atoms with Crippen molar-refractivity contribution in [2.75, 3.05) is 0 Å². The summed E-state index contributed by atoms with van der Waals surface area (Å²) in [7, 11) is 0. The lowest BCUT2D eigenvalue weighted by molar-refractivity contribution is 0.477. The van der Waals surface area contributed by atoms with Crippen LogP contribution in [0.25, 0.3) is 42.3 Å². The minimum Gasteiger partial charge on any atom is -0.507 e. The number of nitrogens with zero attached hydrogens (tertiary/aromatic N) is 2. The third kappa shape index (κ3) is 3.18. The third-order valence-electron chi connectivity index (χ3n) is 5.14. The van der Waals surface area contributed by atoms with Gasteiger partial charge in [-0.15, -0.1) is 11.3 Å². The molecule has 0 saturated heterocycles. The molecule has 5 aromatic rings. The van der Waals surface area contributed by atoms with Gasteiger partial charge in [-0.1, -0.05) is 66.6 Å². The number of pyridine rings is 1. The van der Waals surface area contributed by atoms with E-state index in [1.165, 1.54) is 16.2 Å². The van der Waals surface area contributed by atoms with Crippen LogP contribution in [-0.2, 0) is 0 Å². The van der Waals surface area contributed by atoms with Crippen LogP contribution in [0.5, 0.6) is 5.75 Å². The molecule has 2 aromatic carbocycles. The molecule has 0 atom stereocenters. The van der Waals surface area contributed by atoms with Crippen LogP contribution in [0.3, 0.4) is 0 Å². The first-order valence-corrected chi connectivity index (χ1v) is 11.7. The van der Waals surface area contributed by atoms with Gasteiger partial charge in [0.1, 0.15) is 25.9 Å². The highest BCUT2D eigenvalue weighted by atomic mass is 35.5. The molecule has 0 bridgehead atoms. The van der Waals surface area contributed by atoms with Gasteiger partial charge in [0.2, 0.25) is 0 Å². The zero-order valence-corrected chi connectivity index (χ0v) is 19.1. The second-order valence-electron chi connectivity index (χ2n) is 7.68. The van der Waals surface area contributed by atoms with E-state index < -0.39 is 0 Å². The average molecular weight is 451 g/mol. The number of hydrogen-bond donors (Lipinski definition) is 1. The maximum atomic E-state index is 10.4. The van der Waals surface area contributed by atoms with Crippen LogP contribution in [0.2, 0.25) is 5.02 Å². The van der Waals surface area contributed by atoms with Crippen molar-refractivity contribution in [2.45, 2.75) is 26.7 Å². The molecule has 0 amide bonds. The van der Waals surface area contributed by atoms with Crippen molar-refractivity contribution >= 4 is 54.8 Å². The number of aromatic hydroxyl groups is 1. The predicted octanol–water partition coefficient (Wildman–Crippen LogP) is 8.03. The number of thiophene rings is 1. The summed E-state index contributed by atoms with van der Waals surface area (Å²) in [5, 5.41) is 12.9. The SMILES string of the molecule is Cc1ccc(O)c(-c2nc3c(-c4ccccc4Cl)c4cc(C(C)C)sc4nc3s2)c1. The molecule has 0 unspecified atom stereocenters. The number of aromatic nitrogens is 2. The Morgan fingerprint density at radius 3 is 2.50 bits per heavy atom.